The molecule has 2 aromatic heterocycles. The van der Waals surface area contributed by atoms with E-state index in [-0.39, 0.29) is 21.8 Å². The Morgan fingerprint density at radius 1 is 1.22 bits per heavy atom. The number of halogens is 2. The molecule has 4 aromatic rings. The van der Waals surface area contributed by atoms with Crippen LogP contribution in [0.3, 0.4) is 0 Å². The van der Waals surface area contributed by atoms with Gasteiger partial charge < -0.3 is 0 Å². The number of aromatic nitrogens is 4. The number of nitro groups is 1. The molecule has 0 aliphatic carbocycles. The Hall–Kier alpha value is -3.46. The zero-order valence-corrected chi connectivity index (χ0v) is 14.4. The highest BCUT2D eigenvalue weighted by atomic mass is 35.5. The number of aryl methyl sites for hydroxylation is 1. The van der Waals surface area contributed by atoms with E-state index in [4.69, 9.17) is 11.6 Å². The SMILES string of the molecule is Cc1nn(C(=O)c2ccc([N+](=O)[O-])cc2)c2c1nnc1cc(Cl)c(F)cc12. The number of non-ortho nitro benzene ring substituents is 1. The van der Waals surface area contributed by atoms with Crippen molar-refractivity contribution in [2.45, 2.75) is 6.92 Å². The van der Waals surface area contributed by atoms with Gasteiger partial charge in [-0.3, -0.25) is 14.9 Å². The summed E-state index contributed by atoms with van der Waals surface area (Å²) in [6.45, 7) is 1.65. The molecule has 4 rings (SSSR count). The first-order valence-corrected chi connectivity index (χ1v) is 8.04. The molecule has 8 nitrogen and oxygen atoms in total. The van der Waals surface area contributed by atoms with Crippen LogP contribution in [-0.4, -0.2) is 30.8 Å². The Morgan fingerprint density at radius 2 is 1.93 bits per heavy atom. The Bertz CT molecular complexity index is 1250. The van der Waals surface area contributed by atoms with Crippen molar-refractivity contribution in [1.82, 2.24) is 20.0 Å². The van der Waals surface area contributed by atoms with Gasteiger partial charge in [-0.05, 0) is 31.2 Å². The van der Waals surface area contributed by atoms with Crippen molar-refractivity contribution in [3.8, 4) is 0 Å². The van der Waals surface area contributed by atoms with Crippen LogP contribution in [0.15, 0.2) is 36.4 Å². The molecule has 0 N–H and O–H groups in total. The number of nitro benzene ring substituents is 1. The van der Waals surface area contributed by atoms with Crippen molar-refractivity contribution in [3.63, 3.8) is 0 Å². The lowest BCUT2D eigenvalue weighted by Crippen LogP contribution is -2.14. The highest BCUT2D eigenvalue weighted by Gasteiger charge is 2.21. The fourth-order valence-corrected chi connectivity index (χ4v) is 2.95. The van der Waals surface area contributed by atoms with Crippen LogP contribution in [0.1, 0.15) is 16.1 Å². The third-order valence-corrected chi connectivity index (χ3v) is 4.39. The van der Waals surface area contributed by atoms with Crippen molar-refractivity contribution >= 4 is 45.1 Å². The smallest absolute Gasteiger partial charge is 0.267 e. The van der Waals surface area contributed by atoms with E-state index in [1.165, 1.54) is 36.4 Å². The molecule has 0 saturated carbocycles. The minimum atomic E-state index is -0.661. The summed E-state index contributed by atoms with van der Waals surface area (Å²) in [5, 5.41) is 23.3. The second-order valence-corrected chi connectivity index (χ2v) is 6.19. The summed E-state index contributed by atoms with van der Waals surface area (Å²) in [6, 6.07) is 7.61. The number of hydrogen-bond donors (Lipinski definition) is 0. The number of hydrogen-bond acceptors (Lipinski definition) is 6. The zero-order chi connectivity index (χ0) is 19.3. The van der Waals surface area contributed by atoms with Crippen molar-refractivity contribution in [3.05, 3.63) is 68.6 Å². The maximum absolute atomic E-state index is 14.0. The van der Waals surface area contributed by atoms with Crippen LogP contribution >= 0.6 is 11.6 Å². The second-order valence-electron chi connectivity index (χ2n) is 5.79. The van der Waals surface area contributed by atoms with E-state index < -0.39 is 16.6 Å². The number of carbonyl (C=O) groups excluding carboxylic acids is 1. The van der Waals surface area contributed by atoms with Gasteiger partial charge in [0.05, 0.1) is 21.2 Å². The molecule has 0 amide bonds. The first-order valence-electron chi connectivity index (χ1n) is 7.66. The molecule has 0 atom stereocenters. The van der Waals surface area contributed by atoms with Gasteiger partial charge in [-0.15, -0.1) is 10.2 Å². The average molecular weight is 386 g/mol. The summed E-state index contributed by atoms with van der Waals surface area (Å²) in [5.74, 6) is -1.20. The van der Waals surface area contributed by atoms with E-state index in [9.17, 15) is 19.3 Å². The van der Waals surface area contributed by atoms with Gasteiger partial charge in [0.1, 0.15) is 16.9 Å². The maximum Gasteiger partial charge on any atom is 0.278 e. The number of carbonyl (C=O) groups is 1. The van der Waals surface area contributed by atoms with Gasteiger partial charge in [-0.25, -0.2) is 4.39 Å². The summed E-state index contributed by atoms with van der Waals surface area (Å²) >= 11 is 5.80. The third-order valence-electron chi connectivity index (χ3n) is 4.10. The summed E-state index contributed by atoms with van der Waals surface area (Å²) in [5.41, 5.74) is 1.43. The number of rotatable bonds is 2. The Morgan fingerprint density at radius 3 is 2.59 bits per heavy atom. The predicted octanol–water partition coefficient (Wildman–Crippen LogP) is 3.68. The second kappa shape index (κ2) is 6.06. The zero-order valence-electron chi connectivity index (χ0n) is 13.7. The highest BCUT2D eigenvalue weighted by molar-refractivity contribution is 6.31. The standard InChI is InChI=1S/C17H9ClFN5O3/c1-8-15-16(11-6-13(19)12(18)7-14(11)20-21-15)23(22-8)17(25)9-2-4-10(5-3-9)24(26)27/h2-7H,1H3. The molecule has 134 valence electrons. The lowest BCUT2D eigenvalue weighted by molar-refractivity contribution is -0.384. The van der Waals surface area contributed by atoms with Crippen molar-refractivity contribution in [2.75, 3.05) is 0 Å². The molecular formula is C17H9ClFN5O3. The molecule has 0 radical (unpaired) electrons. The molecule has 0 bridgehead atoms. The van der Waals surface area contributed by atoms with E-state index in [1.54, 1.807) is 6.92 Å². The van der Waals surface area contributed by atoms with E-state index in [2.05, 4.69) is 15.3 Å². The Kier molecular flexibility index (Phi) is 3.81. The maximum atomic E-state index is 14.0. The quantitative estimate of drug-likeness (QED) is 0.385. The van der Waals surface area contributed by atoms with Crippen LogP contribution in [0.25, 0.3) is 21.9 Å². The first kappa shape index (κ1) is 17.0. The Labute approximate surface area is 155 Å². The van der Waals surface area contributed by atoms with Crippen LogP contribution < -0.4 is 0 Å². The fraction of sp³-hybridized carbons (Fsp3) is 0.0588. The summed E-state index contributed by atoms with van der Waals surface area (Å²) in [7, 11) is 0. The van der Waals surface area contributed by atoms with Crippen LogP contribution in [-0.2, 0) is 0 Å². The molecule has 0 aliphatic heterocycles. The predicted molar refractivity (Wildman–Crippen MR) is 95.4 cm³/mol. The minimum Gasteiger partial charge on any atom is -0.267 e. The molecule has 0 spiro atoms. The van der Waals surface area contributed by atoms with Gasteiger partial charge in [0.15, 0.2) is 0 Å². The minimum absolute atomic E-state index is 0.111. The average Bonchev–Trinajstić information content (AvgIpc) is 2.99. The first-order chi connectivity index (χ1) is 12.9. The van der Waals surface area contributed by atoms with Gasteiger partial charge in [-0.1, -0.05) is 11.6 Å². The van der Waals surface area contributed by atoms with E-state index in [1.807, 2.05) is 0 Å². The molecule has 0 aliphatic rings. The van der Waals surface area contributed by atoms with Crippen molar-refractivity contribution < 1.29 is 14.1 Å². The lowest BCUT2D eigenvalue weighted by Gasteiger charge is -2.05. The molecule has 27 heavy (non-hydrogen) atoms. The van der Waals surface area contributed by atoms with Crippen LogP contribution in [0.4, 0.5) is 10.1 Å². The lowest BCUT2D eigenvalue weighted by atomic mass is 10.1. The summed E-state index contributed by atoms with van der Waals surface area (Å²) in [6.07, 6.45) is 0. The number of benzene rings is 2. The summed E-state index contributed by atoms with van der Waals surface area (Å²) in [4.78, 5) is 23.1. The molecule has 0 saturated heterocycles. The molecular weight excluding hydrogens is 377 g/mol. The van der Waals surface area contributed by atoms with Crippen LogP contribution in [0, 0.1) is 22.9 Å². The monoisotopic (exact) mass is 385 g/mol. The van der Waals surface area contributed by atoms with E-state index >= 15 is 0 Å². The van der Waals surface area contributed by atoms with Crippen molar-refractivity contribution in [2.24, 2.45) is 0 Å². The van der Waals surface area contributed by atoms with Gasteiger partial charge in [0, 0.05) is 23.1 Å². The van der Waals surface area contributed by atoms with Gasteiger partial charge >= 0.3 is 0 Å². The third kappa shape index (κ3) is 2.68. The largest absolute Gasteiger partial charge is 0.278 e. The fourth-order valence-electron chi connectivity index (χ4n) is 2.79. The van der Waals surface area contributed by atoms with Crippen LogP contribution in [0.2, 0.25) is 5.02 Å². The number of nitrogens with zero attached hydrogens (tertiary/aromatic N) is 5. The summed E-state index contributed by atoms with van der Waals surface area (Å²) < 4.78 is 15.1. The Balaban J connectivity index is 1.95. The normalized spacial score (nSPS) is 11.2. The topological polar surface area (TPSA) is 104 Å². The van der Waals surface area contributed by atoms with Gasteiger partial charge in [-0.2, -0.15) is 9.78 Å². The molecule has 10 heteroatoms. The molecule has 2 aromatic carbocycles. The van der Waals surface area contributed by atoms with Gasteiger partial charge in [0.2, 0.25) is 0 Å². The molecule has 2 heterocycles. The van der Waals surface area contributed by atoms with E-state index in [0.29, 0.717) is 22.1 Å². The number of fused-ring (bicyclic) bond motifs is 3. The van der Waals surface area contributed by atoms with Crippen molar-refractivity contribution in [1.29, 1.82) is 0 Å². The molecule has 0 fully saturated rings. The highest BCUT2D eigenvalue weighted by Crippen LogP contribution is 2.28. The van der Waals surface area contributed by atoms with Gasteiger partial charge in [0.25, 0.3) is 11.6 Å². The molecule has 0 unspecified atom stereocenters. The van der Waals surface area contributed by atoms with Crippen LogP contribution in [0.5, 0.6) is 0 Å². The van der Waals surface area contributed by atoms with E-state index in [0.717, 1.165) is 4.68 Å².